The first kappa shape index (κ1) is 22.9. The van der Waals surface area contributed by atoms with E-state index in [0.29, 0.717) is 18.5 Å². The van der Waals surface area contributed by atoms with Gasteiger partial charge in [-0.1, -0.05) is 38.1 Å². The standard InChI is InChI=1S/C24H41N3O/c1-5-14-26(21(3)19-23-12-10-22(6-2)11-13-23)16-7-8-17-27-18-9-15-25(4)20-24(27)28/h10-13,21H,5-9,14-20H2,1-4H3. The number of carbonyl (C=O) groups excluding carboxylic acids is 1. The Morgan fingerprint density at radius 3 is 2.43 bits per heavy atom. The molecule has 0 radical (unpaired) electrons. The minimum absolute atomic E-state index is 0.300. The van der Waals surface area contributed by atoms with E-state index in [1.807, 2.05) is 7.05 Å². The van der Waals surface area contributed by atoms with Crippen molar-refractivity contribution in [3.63, 3.8) is 0 Å². The van der Waals surface area contributed by atoms with Gasteiger partial charge in [0.05, 0.1) is 6.54 Å². The first-order chi connectivity index (χ1) is 13.5. The molecule has 4 heteroatoms. The van der Waals surface area contributed by atoms with Gasteiger partial charge in [-0.2, -0.15) is 0 Å². The lowest BCUT2D eigenvalue weighted by Gasteiger charge is -2.29. The highest BCUT2D eigenvalue weighted by atomic mass is 16.2. The summed E-state index contributed by atoms with van der Waals surface area (Å²) in [5.74, 6) is 0.300. The average Bonchev–Trinajstić information content (AvgIpc) is 2.84. The van der Waals surface area contributed by atoms with E-state index >= 15 is 0 Å². The summed E-state index contributed by atoms with van der Waals surface area (Å²) in [6.07, 6.45) is 6.77. The Bertz CT molecular complexity index is 572. The van der Waals surface area contributed by atoms with Crippen LogP contribution in [0.2, 0.25) is 0 Å². The van der Waals surface area contributed by atoms with Crippen molar-refractivity contribution < 1.29 is 4.79 Å². The van der Waals surface area contributed by atoms with E-state index in [-0.39, 0.29) is 0 Å². The van der Waals surface area contributed by atoms with Gasteiger partial charge in [0.25, 0.3) is 0 Å². The predicted octanol–water partition coefficient (Wildman–Crippen LogP) is 3.84. The summed E-state index contributed by atoms with van der Waals surface area (Å²) < 4.78 is 0. The van der Waals surface area contributed by atoms with Crippen molar-refractivity contribution in [2.24, 2.45) is 0 Å². The van der Waals surface area contributed by atoms with E-state index in [4.69, 9.17) is 0 Å². The summed E-state index contributed by atoms with van der Waals surface area (Å²) >= 11 is 0. The maximum Gasteiger partial charge on any atom is 0.236 e. The van der Waals surface area contributed by atoms with Gasteiger partial charge in [0.15, 0.2) is 0 Å². The summed E-state index contributed by atoms with van der Waals surface area (Å²) in [5, 5.41) is 0. The van der Waals surface area contributed by atoms with Gasteiger partial charge in [-0.15, -0.1) is 0 Å². The molecule has 0 N–H and O–H groups in total. The minimum Gasteiger partial charge on any atom is -0.342 e. The Kier molecular flexibility index (Phi) is 10.0. The molecule has 1 aromatic carbocycles. The highest BCUT2D eigenvalue weighted by molar-refractivity contribution is 5.78. The van der Waals surface area contributed by atoms with Crippen molar-refractivity contribution >= 4 is 5.91 Å². The van der Waals surface area contributed by atoms with Crippen molar-refractivity contribution in [2.45, 2.75) is 65.3 Å². The summed E-state index contributed by atoms with van der Waals surface area (Å²) in [5.41, 5.74) is 2.85. The monoisotopic (exact) mass is 387 g/mol. The summed E-state index contributed by atoms with van der Waals surface area (Å²) in [6, 6.07) is 9.67. The number of rotatable bonds is 11. The van der Waals surface area contributed by atoms with E-state index in [0.717, 1.165) is 58.4 Å². The third kappa shape index (κ3) is 7.56. The molecule has 4 nitrogen and oxygen atoms in total. The van der Waals surface area contributed by atoms with Crippen molar-refractivity contribution in [2.75, 3.05) is 46.3 Å². The Balaban J connectivity index is 1.77. The molecule has 1 aliphatic heterocycles. The fourth-order valence-electron chi connectivity index (χ4n) is 4.14. The van der Waals surface area contributed by atoms with Crippen LogP contribution in [0.5, 0.6) is 0 Å². The smallest absolute Gasteiger partial charge is 0.236 e. The van der Waals surface area contributed by atoms with E-state index in [2.05, 4.69) is 59.7 Å². The number of nitrogens with zero attached hydrogens (tertiary/aromatic N) is 3. The number of aryl methyl sites for hydroxylation is 1. The number of likely N-dealkylation sites (N-methyl/N-ethyl adjacent to an activating group) is 1. The number of benzene rings is 1. The van der Waals surface area contributed by atoms with Gasteiger partial charge >= 0.3 is 0 Å². The summed E-state index contributed by atoms with van der Waals surface area (Å²) in [6.45, 7) is 12.6. The van der Waals surface area contributed by atoms with Gasteiger partial charge in [-0.3, -0.25) is 9.69 Å². The molecule has 0 bridgehead atoms. The number of hydrogen-bond donors (Lipinski definition) is 0. The molecule has 28 heavy (non-hydrogen) atoms. The number of hydrogen-bond acceptors (Lipinski definition) is 3. The molecule has 0 spiro atoms. The summed E-state index contributed by atoms with van der Waals surface area (Å²) in [4.78, 5) is 19.1. The Morgan fingerprint density at radius 2 is 1.75 bits per heavy atom. The highest BCUT2D eigenvalue weighted by Crippen LogP contribution is 2.13. The van der Waals surface area contributed by atoms with Crippen molar-refractivity contribution in [1.29, 1.82) is 0 Å². The molecule has 2 rings (SSSR count). The second kappa shape index (κ2) is 12.2. The predicted molar refractivity (Wildman–Crippen MR) is 119 cm³/mol. The molecule has 1 saturated heterocycles. The molecule has 0 saturated carbocycles. The lowest BCUT2D eigenvalue weighted by Crippen LogP contribution is -2.38. The van der Waals surface area contributed by atoms with Crippen LogP contribution in [-0.4, -0.2) is 73.0 Å². The average molecular weight is 388 g/mol. The molecule has 1 unspecified atom stereocenters. The van der Waals surface area contributed by atoms with Gasteiger partial charge in [0, 0.05) is 25.7 Å². The molecule has 1 aromatic rings. The number of amides is 1. The van der Waals surface area contributed by atoms with Crippen LogP contribution in [0.3, 0.4) is 0 Å². The first-order valence-corrected chi connectivity index (χ1v) is 11.3. The Hall–Kier alpha value is -1.39. The van der Waals surface area contributed by atoms with Crippen LogP contribution in [-0.2, 0) is 17.6 Å². The lowest BCUT2D eigenvalue weighted by atomic mass is 10.0. The maximum absolute atomic E-state index is 12.3. The van der Waals surface area contributed by atoms with E-state index in [9.17, 15) is 4.79 Å². The van der Waals surface area contributed by atoms with Gasteiger partial charge in [-0.25, -0.2) is 0 Å². The zero-order valence-electron chi connectivity index (χ0n) is 18.6. The third-order valence-electron chi connectivity index (χ3n) is 5.95. The van der Waals surface area contributed by atoms with E-state index in [1.54, 1.807) is 0 Å². The molecule has 158 valence electrons. The molecular formula is C24H41N3O. The fourth-order valence-corrected chi connectivity index (χ4v) is 4.14. The van der Waals surface area contributed by atoms with Gasteiger partial charge < -0.3 is 9.80 Å². The van der Waals surface area contributed by atoms with Crippen molar-refractivity contribution in [3.05, 3.63) is 35.4 Å². The molecule has 1 atom stereocenters. The number of unbranched alkanes of at least 4 members (excludes halogenated alkanes) is 1. The van der Waals surface area contributed by atoms with Crippen LogP contribution in [0.15, 0.2) is 24.3 Å². The fraction of sp³-hybridized carbons (Fsp3) is 0.708. The van der Waals surface area contributed by atoms with Crippen molar-refractivity contribution in [1.82, 2.24) is 14.7 Å². The van der Waals surface area contributed by atoms with E-state index in [1.165, 1.54) is 24.0 Å². The molecule has 1 amide bonds. The SMILES string of the molecule is CCCN(CCCCN1CCCN(C)CC1=O)C(C)Cc1ccc(CC)cc1. The van der Waals surface area contributed by atoms with Crippen molar-refractivity contribution in [3.8, 4) is 0 Å². The van der Waals surface area contributed by atoms with Crippen LogP contribution in [0.1, 0.15) is 57.6 Å². The molecule has 1 aliphatic rings. The highest BCUT2D eigenvalue weighted by Gasteiger charge is 2.19. The summed E-state index contributed by atoms with van der Waals surface area (Å²) in [7, 11) is 2.04. The maximum atomic E-state index is 12.3. The number of carbonyl (C=O) groups is 1. The zero-order chi connectivity index (χ0) is 20.4. The van der Waals surface area contributed by atoms with Crippen LogP contribution in [0, 0.1) is 0 Å². The van der Waals surface area contributed by atoms with Crippen LogP contribution in [0.25, 0.3) is 0 Å². The van der Waals surface area contributed by atoms with Crippen LogP contribution >= 0.6 is 0 Å². The Morgan fingerprint density at radius 1 is 1.04 bits per heavy atom. The molecule has 0 aromatic heterocycles. The van der Waals surface area contributed by atoms with Gasteiger partial charge in [0.2, 0.25) is 5.91 Å². The first-order valence-electron chi connectivity index (χ1n) is 11.3. The zero-order valence-corrected chi connectivity index (χ0v) is 18.6. The van der Waals surface area contributed by atoms with Crippen LogP contribution in [0.4, 0.5) is 0 Å². The molecule has 0 aliphatic carbocycles. The third-order valence-corrected chi connectivity index (χ3v) is 5.95. The molecule has 1 heterocycles. The molecule has 1 fully saturated rings. The molecular weight excluding hydrogens is 346 g/mol. The second-order valence-corrected chi connectivity index (χ2v) is 8.44. The topological polar surface area (TPSA) is 26.8 Å². The second-order valence-electron chi connectivity index (χ2n) is 8.44. The normalized spacial score (nSPS) is 17.2. The van der Waals surface area contributed by atoms with Crippen LogP contribution < -0.4 is 0 Å². The largest absolute Gasteiger partial charge is 0.342 e. The van der Waals surface area contributed by atoms with Gasteiger partial charge in [0.1, 0.15) is 0 Å². The minimum atomic E-state index is 0.300. The quantitative estimate of drug-likeness (QED) is 0.540. The van der Waals surface area contributed by atoms with Gasteiger partial charge in [-0.05, 0) is 76.7 Å². The van der Waals surface area contributed by atoms with E-state index < -0.39 is 0 Å². The Labute approximate surface area is 172 Å². The lowest BCUT2D eigenvalue weighted by molar-refractivity contribution is -0.131.